The third-order valence-electron chi connectivity index (χ3n) is 3.88. The summed E-state index contributed by atoms with van der Waals surface area (Å²) in [6.07, 6.45) is 0.957. The van der Waals surface area contributed by atoms with Gasteiger partial charge in [-0.3, -0.25) is 9.89 Å². The van der Waals surface area contributed by atoms with Crippen molar-refractivity contribution in [3.05, 3.63) is 38.8 Å². The molecule has 1 amide bonds. The largest absolute Gasteiger partial charge is 0.331 e. The molecule has 0 spiro atoms. The summed E-state index contributed by atoms with van der Waals surface area (Å²) in [5, 5.41) is 9.13. The van der Waals surface area contributed by atoms with E-state index in [-0.39, 0.29) is 11.9 Å². The van der Waals surface area contributed by atoms with E-state index in [0.29, 0.717) is 0 Å². The molecule has 4 nitrogen and oxygen atoms in total. The van der Waals surface area contributed by atoms with Crippen LogP contribution < -0.4 is 0 Å². The predicted molar refractivity (Wildman–Crippen MR) is 75.5 cm³/mol. The first kappa shape index (κ1) is 12.4. The summed E-state index contributed by atoms with van der Waals surface area (Å²) in [7, 11) is 0. The van der Waals surface area contributed by atoms with Crippen molar-refractivity contribution in [3.63, 3.8) is 0 Å². The van der Waals surface area contributed by atoms with E-state index in [0.717, 1.165) is 29.9 Å². The van der Waals surface area contributed by atoms with Crippen LogP contribution in [0.15, 0.2) is 11.4 Å². The lowest BCUT2D eigenvalue weighted by Crippen LogP contribution is -2.38. The number of carbonyl (C=O) groups is 1. The van der Waals surface area contributed by atoms with E-state index in [1.165, 1.54) is 10.4 Å². The zero-order valence-electron chi connectivity index (χ0n) is 11.4. The lowest BCUT2D eigenvalue weighted by Gasteiger charge is -2.33. The van der Waals surface area contributed by atoms with Crippen molar-refractivity contribution >= 4 is 17.2 Å². The Kier molecular flexibility index (Phi) is 2.93. The van der Waals surface area contributed by atoms with Gasteiger partial charge < -0.3 is 4.90 Å². The highest BCUT2D eigenvalue weighted by Gasteiger charge is 2.31. The lowest BCUT2D eigenvalue weighted by molar-refractivity contribution is 0.0678. The van der Waals surface area contributed by atoms with Gasteiger partial charge in [-0.2, -0.15) is 5.10 Å². The second kappa shape index (κ2) is 4.49. The van der Waals surface area contributed by atoms with Crippen molar-refractivity contribution < 1.29 is 4.79 Å². The van der Waals surface area contributed by atoms with Crippen molar-refractivity contribution in [1.82, 2.24) is 15.1 Å². The monoisotopic (exact) mass is 275 g/mol. The first-order valence-corrected chi connectivity index (χ1v) is 7.36. The number of nitrogens with zero attached hydrogens (tertiary/aromatic N) is 2. The average Bonchev–Trinajstić information content (AvgIpc) is 2.97. The first-order chi connectivity index (χ1) is 9.09. The molecular formula is C14H17N3OS. The highest BCUT2D eigenvalue weighted by Crippen LogP contribution is 2.34. The van der Waals surface area contributed by atoms with Crippen molar-refractivity contribution in [1.29, 1.82) is 0 Å². The van der Waals surface area contributed by atoms with E-state index in [9.17, 15) is 4.79 Å². The average molecular weight is 275 g/mol. The summed E-state index contributed by atoms with van der Waals surface area (Å²) in [6, 6.07) is 2.29. The number of rotatable bonds is 1. The van der Waals surface area contributed by atoms with Crippen molar-refractivity contribution in [2.24, 2.45) is 0 Å². The van der Waals surface area contributed by atoms with Crippen molar-refractivity contribution in [3.8, 4) is 0 Å². The van der Waals surface area contributed by atoms with E-state index in [1.807, 2.05) is 18.7 Å². The molecule has 0 aromatic carbocycles. The number of aromatic nitrogens is 2. The molecule has 2 aromatic rings. The van der Waals surface area contributed by atoms with Crippen molar-refractivity contribution in [2.45, 2.75) is 33.2 Å². The Bertz CT molecular complexity index is 609. The van der Waals surface area contributed by atoms with Gasteiger partial charge in [0.15, 0.2) is 0 Å². The number of fused-ring (bicyclic) bond motifs is 1. The molecule has 1 aliphatic heterocycles. The molecule has 5 heteroatoms. The van der Waals surface area contributed by atoms with Crippen LogP contribution in [0.4, 0.5) is 0 Å². The standard InChI is InChI=1S/C14H17N3OS/c1-8-13(9(2)16-15-8)14(18)17-6-4-12-11(10(17)3)5-7-19-12/h5,7,10H,4,6H2,1-3H3,(H,15,16). The molecule has 19 heavy (non-hydrogen) atoms. The summed E-state index contributed by atoms with van der Waals surface area (Å²) in [5.41, 5.74) is 3.66. The van der Waals surface area contributed by atoms with Gasteiger partial charge in [-0.1, -0.05) is 0 Å². The van der Waals surface area contributed by atoms with Gasteiger partial charge in [0.05, 0.1) is 17.3 Å². The van der Waals surface area contributed by atoms with Gasteiger partial charge in [0.2, 0.25) is 0 Å². The minimum atomic E-state index is 0.0908. The molecule has 100 valence electrons. The fraction of sp³-hybridized carbons (Fsp3) is 0.429. The van der Waals surface area contributed by atoms with Gasteiger partial charge >= 0.3 is 0 Å². The Morgan fingerprint density at radius 3 is 3.00 bits per heavy atom. The van der Waals surface area contributed by atoms with Crippen LogP contribution in [0.25, 0.3) is 0 Å². The van der Waals surface area contributed by atoms with Gasteiger partial charge in [-0.25, -0.2) is 0 Å². The highest BCUT2D eigenvalue weighted by molar-refractivity contribution is 7.10. The summed E-state index contributed by atoms with van der Waals surface area (Å²) in [5.74, 6) is 0.0908. The minimum absolute atomic E-state index is 0.0908. The molecular weight excluding hydrogens is 258 g/mol. The van der Waals surface area contributed by atoms with Gasteiger partial charge in [0.1, 0.15) is 0 Å². The molecule has 0 aliphatic carbocycles. The number of aryl methyl sites for hydroxylation is 2. The third kappa shape index (κ3) is 1.89. The van der Waals surface area contributed by atoms with Crippen LogP contribution >= 0.6 is 11.3 Å². The fourth-order valence-corrected chi connectivity index (χ4v) is 3.76. The molecule has 0 saturated heterocycles. The Labute approximate surface area is 116 Å². The van der Waals surface area contributed by atoms with E-state index < -0.39 is 0 Å². The van der Waals surface area contributed by atoms with E-state index in [1.54, 1.807) is 11.3 Å². The molecule has 1 aliphatic rings. The number of H-pyrrole nitrogens is 1. The Morgan fingerprint density at radius 1 is 1.53 bits per heavy atom. The van der Waals surface area contributed by atoms with E-state index in [2.05, 4.69) is 28.6 Å². The van der Waals surface area contributed by atoms with Crippen LogP contribution in [0.3, 0.4) is 0 Å². The number of aromatic amines is 1. The smallest absolute Gasteiger partial charge is 0.258 e. The van der Waals surface area contributed by atoms with Gasteiger partial charge in [-0.05, 0) is 44.2 Å². The molecule has 0 fully saturated rings. The molecule has 1 atom stereocenters. The molecule has 0 saturated carbocycles. The third-order valence-corrected chi connectivity index (χ3v) is 4.88. The maximum absolute atomic E-state index is 12.7. The van der Waals surface area contributed by atoms with Gasteiger partial charge in [0.25, 0.3) is 5.91 Å². The van der Waals surface area contributed by atoms with Crippen LogP contribution in [0, 0.1) is 13.8 Å². The van der Waals surface area contributed by atoms with E-state index >= 15 is 0 Å². The summed E-state index contributed by atoms with van der Waals surface area (Å²) in [4.78, 5) is 16.1. The Hall–Kier alpha value is -1.62. The molecule has 3 rings (SSSR count). The second-order valence-electron chi connectivity index (χ2n) is 5.03. The number of thiophene rings is 1. The number of amides is 1. The fourth-order valence-electron chi connectivity index (χ4n) is 2.80. The van der Waals surface area contributed by atoms with Crippen molar-refractivity contribution in [2.75, 3.05) is 6.54 Å². The SMILES string of the molecule is Cc1n[nH]c(C)c1C(=O)N1CCc2sccc2C1C. The Balaban J connectivity index is 1.94. The van der Waals surface area contributed by atoms with Crippen LogP contribution in [0.2, 0.25) is 0 Å². The van der Waals surface area contributed by atoms with Crippen LogP contribution in [-0.2, 0) is 6.42 Å². The Morgan fingerprint density at radius 2 is 2.32 bits per heavy atom. The number of hydrogen-bond acceptors (Lipinski definition) is 3. The first-order valence-electron chi connectivity index (χ1n) is 6.48. The van der Waals surface area contributed by atoms with Crippen LogP contribution in [-0.4, -0.2) is 27.5 Å². The summed E-state index contributed by atoms with van der Waals surface area (Å²) in [6.45, 7) is 6.67. The van der Waals surface area contributed by atoms with Gasteiger partial charge in [0, 0.05) is 17.1 Å². The molecule has 0 bridgehead atoms. The number of nitrogens with one attached hydrogen (secondary N) is 1. The summed E-state index contributed by atoms with van der Waals surface area (Å²) < 4.78 is 0. The molecule has 1 N–H and O–H groups in total. The summed E-state index contributed by atoms with van der Waals surface area (Å²) >= 11 is 1.79. The number of hydrogen-bond donors (Lipinski definition) is 1. The normalized spacial score (nSPS) is 18.5. The zero-order valence-corrected chi connectivity index (χ0v) is 12.2. The minimum Gasteiger partial charge on any atom is -0.331 e. The predicted octanol–water partition coefficient (Wildman–Crippen LogP) is 2.85. The number of carbonyl (C=O) groups excluding carboxylic acids is 1. The lowest BCUT2D eigenvalue weighted by atomic mass is 10.00. The molecule has 2 aromatic heterocycles. The van der Waals surface area contributed by atoms with E-state index in [4.69, 9.17) is 0 Å². The topological polar surface area (TPSA) is 49.0 Å². The maximum atomic E-state index is 12.7. The second-order valence-corrected chi connectivity index (χ2v) is 6.03. The van der Waals surface area contributed by atoms with Crippen LogP contribution in [0.5, 0.6) is 0 Å². The molecule has 0 radical (unpaired) electrons. The highest BCUT2D eigenvalue weighted by atomic mass is 32.1. The molecule has 1 unspecified atom stereocenters. The zero-order chi connectivity index (χ0) is 13.6. The van der Waals surface area contributed by atoms with Crippen LogP contribution in [0.1, 0.15) is 45.2 Å². The van der Waals surface area contributed by atoms with Gasteiger partial charge in [-0.15, -0.1) is 11.3 Å². The maximum Gasteiger partial charge on any atom is 0.258 e. The molecule has 3 heterocycles. The quantitative estimate of drug-likeness (QED) is 0.870.